The lowest BCUT2D eigenvalue weighted by Crippen LogP contribution is -2.46. The molecule has 1 aliphatic rings. The molecule has 0 unspecified atom stereocenters. The molecule has 0 radical (unpaired) electrons. The van der Waals surface area contributed by atoms with Gasteiger partial charge in [0.15, 0.2) is 6.29 Å². The molecule has 0 atom stereocenters. The molecule has 1 saturated heterocycles. The largest absolute Gasteiger partial charge is 0.365 e. The van der Waals surface area contributed by atoms with Gasteiger partial charge in [0, 0.05) is 38.3 Å². The van der Waals surface area contributed by atoms with Crippen LogP contribution in [0.2, 0.25) is 0 Å². The van der Waals surface area contributed by atoms with Crippen molar-refractivity contribution >= 4 is 23.0 Å². The minimum Gasteiger partial charge on any atom is -0.365 e. The zero-order chi connectivity index (χ0) is 22.1. The number of pyridine rings is 1. The number of aldehydes is 1. The molecule has 7 nitrogen and oxygen atoms in total. The van der Waals surface area contributed by atoms with Crippen molar-refractivity contribution in [3.05, 3.63) is 63.1 Å². The van der Waals surface area contributed by atoms with Crippen LogP contribution in [0.4, 0.5) is 18.9 Å². The minimum atomic E-state index is -2.77. The van der Waals surface area contributed by atoms with Gasteiger partial charge in [-0.3, -0.25) is 14.5 Å². The Morgan fingerprint density at radius 3 is 2.52 bits per heavy atom. The lowest BCUT2D eigenvalue weighted by Gasteiger charge is -2.36. The van der Waals surface area contributed by atoms with E-state index in [1.807, 2.05) is 9.80 Å². The van der Waals surface area contributed by atoms with E-state index >= 15 is 0 Å². The van der Waals surface area contributed by atoms with Gasteiger partial charge in [-0.05, 0) is 30.7 Å². The first-order valence-corrected chi connectivity index (χ1v) is 9.77. The van der Waals surface area contributed by atoms with E-state index in [-0.39, 0.29) is 29.0 Å². The Balaban J connectivity index is 1.53. The highest BCUT2D eigenvalue weighted by Gasteiger charge is 2.24. The molecule has 1 aliphatic heterocycles. The summed E-state index contributed by atoms with van der Waals surface area (Å²) in [5.41, 5.74) is 0.648. The van der Waals surface area contributed by atoms with Gasteiger partial charge in [0.2, 0.25) is 5.95 Å². The van der Waals surface area contributed by atoms with E-state index in [4.69, 9.17) is 0 Å². The quantitative estimate of drug-likeness (QED) is 0.494. The van der Waals surface area contributed by atoms with Crippen LogP contribution in [-0.2, 0) is 6.54 Å². The zero-order valence-electron chi connectivity index (χ0n) is 16.7. The Morgan fingerprint density at radius 1 is 1.13 bits per heavy atom. The third kappa shape index (κ3) is 4.15. The van der Waals surface area contributed by atoms with Crippen LogP contribution in [0, 0.1) is 12.9 Å². The van der Waals surface area contributed by atoms with Gasteiger partial charge in [-0.1, -0.05) is 6.07 Å². The molecule has 1 aromatic carbocycles. The van der Waals surface area contributed by atoms with Crippen molar-refractivity contribution in [1.29, 1.82) is 0 Å². The number of aromatic amines is 1. The van der Waals surface area contributed by atoms with Gasteiger partial charge in [-0.25, -0.2) is 18.7 Å². The number of piperazine rings is 1. The molecule has 3 heterocycles. The van der Waals surface area contributed by atoms with Gasteiger partial charge < -0.3 is 9.88 Å². The highest BCUT2D eigenvalue weighted by molar-refractivity contribution is 5.79. The number of nitrogens with zero attached hydrogens (tertiary/aromatic N) is 4. The molecular weight excluding hydrogens is 411 g/mol. The molecule has 0 saturated carbocycles. The smallest absolute Gasteiger partial charge is 0.269 e. The molecule has 1 fully saturated rings. The van der Waals surface area contributed by atoms with Crippen LogP contribution in [0.1, 0.15) is 33.7 Å². The highest BCUT2D eigenvalue weighted by Crippen LogP contribution is 2.30. The van der Waals surface area contributed by atoms with Crippen molar-refractivity contribution in [2.75, 3.05) is 31.1 Å². The summed E-state index contributed by atoms with van der Waals surface area (Å²) in [5.74, 6) is -0.709. The molecule has 0 spiro atoms. The summed E-state index contributed by atoms with van der Waals surface area (Å²) in [6, 6.07) is 6.22. The Morgan fingerprint density at radius 2 is 1.87 bits per heavy atom. The number of alkyl halides is 2. The number of fused-ring (bicyclic) bond motifs is 1. The second kappa shape index (κ2) is 8.46. The summed E-state index contributed by atoms with van der Waals surface area (Å²) in [6.07, 6.45) is -2.28. The maximum atomic E-state index is 14.2. The van der Waals surface area contributed by atoms with Gasteiger partial charge >= 0.3 is 0 Å². The molecule has 0 amide bonds. The summed E-state index contributed by atoms with van der Waals surface area (Å²) in [7, 11) is 0. The number of carbonyl (C=O) groups excluding carboxylic acids is 1. The molecule has 0 aliphatic carbocycles. The van der Waals surface area contributed by atoms with E-state index in [9.17, 15) is 22.8 Å². The van der Waals surface area contributed by atoms with Crippen LogP contribution in [0.3, 0.4) is 0 Å². The van der Waals surface area contributed by atoms with Crippen LogP contribution in [0.25, 0.3) is 11.0 Å². The lowest BCUT2D eigenvalue weighted by molar-refractivity contribution is 0.111. The number of anilines is 1. The number of carbonyl (C=O) groups is 1. The monoisotopic (exact) mass is 431 g/mol. The topological polar surface area (TPSA) is 82.2 Å². The Kier molecular flexibility index (Phi) is 5.73. The van der Waals surface area contributed by atoms with Crippen LogP contribution < -0.4 is 10.5 Å². The number of aryl methyl sites for hydroxylation is 1. The number of hydrogen-bond donors (Lipinski definition) is 1. The summed E-state index contributed by atoms with van der Waals surface area (Å²) < 4.78 is 41.9. The van der Waals surface area contributed by atoms with E-state index in [1.54, 1.807) is 12.1 Å². The number of nitrogens with one attached hydrogen (secondary N) is 1. The molecule has 31 heavy (non-hydrogen) atoms. The summed E-state index contributed by atoms with van der Waals surface area (Å²) in [5, 5.41) is 0. The molecule has 0 bridgehead atoms. The average molecular weight is 431 g/mol. The number of H-pyrrole nitrogens is 1. The fourth-order valence-corrected chi connectivity index (χ4v) is 3.83. The summed E-state index contributed by atoms with van der Waals surface area (Å²) in [4.78, 5) is 36.7. The van der Waals surface area contributed by atoms with Crippen molar-refractivity contribution in [3.8, 4) is 0 Å². The second-order valence-electron chi connectivity index (χ2n) is 7.41. The van der Waals surface area contributed by atoms with E-state index in [2.05, 4.69) is 15.0 Å². The fraction of sp³-hybridized carbons (Fsp3) is 0.333. The molecule has 4 rings (SSSR count). The molecule has 162 valence electrons. The molecular formula is C21H20F3N5O2. The fourth-order valence-electron chi connectivity index (χ4n) is 3.83. The minimum absolute atomic E-state index is 0.0263. The predicted molar refractivity (Wildman–Crippen MR) is 109 cm³/mol. The number of aromatic nitrogens is 3. The number of rotatable bonds is 5. The first-order chi connectivity index (χ1) is 14.9. The van der Waals surface area contributed by atoms with Gasteiger partial charge in [0.05, 0.1) is 16.7 Å². The molecule has 3 aromatic rings. The van der Waals surface area contributed by atoms with Crippen molar-refractivity contribution in [1.82, 2.24) is 19.9 Å². The number of benzene rings is 1. The Hall–Kier alpha value is -3.27. The predicted octanol–water partition coefficient (Wildman–Crippen LogP) is 2.84. The Labute approximate surface area is 175 Å². The van der Waals surface area contributed by atoms with Crippen LogP contribution in [-0.4, -0.2) is 52.3 Å². The second-order valence-corrected chi connectivity index (χ2v) is 7.41. The van der Waals surface area contributed by atoms with Gasteiger partial charge in [0.1, 0.15) is 11.4 Å². The first kappa shape index (κ1) is 21.0. The number of hydrogen-bond acceptors (Lipinski definition) is 6. The van der Waals surface area contributed by atoms with Crippen molar-refractivity contribution < 1.29 is 18.0 Å². The van der Waals surface area contributed by atoms with Gasteiger partial charge in [0.25, 0.3) is 12.0 Å². The van der Waals surface area contributed by atoms with E-state index in [0.29, 0.717) is 49.2 Å². The van der Waals surface area contributed by atoms with Crippen molar-refractivity contribution in [2.24, 2.45) is 0 Å². The highest BCUT2D eigenvalue weighted by atomic mass is 19.3. The zero-order valence-corrected chi connectivity index (χ0v) is 16.7. The maximum absolute atomic E-state index is 14.2. The maximum Gasteiger partial charge on any atom is 0.269 e. The van der Waals surface area contributed by atoms with E-state index < -0.39 is 17.9 Å². The SMILES string of the molecule is Cc1nc2ccc(CN3CCN(c4ccc(C=O)nc4F)CC3)c(C(F)F)c2[nH]c1=O. The standard InChI is InChI=1S/C21H20F3N5O2/c1-12-21(31)27-18-15(25-12)4-2-13(17(18)19(22)23)10-28-6-8-29(9-7-28)16-5-3-14(11-30)26-20(16)24/h2-5,11,19H,6-10H2,1H3,(H,27,31). The van der Waals surface area contributed by atoms with Gasteiger partial charge in [-0.15, -0.1) is 0 Å². The van der Waals surface area contributed by atoms with Crippen LogP contribution in [0.5, 0.6) is 0 Å². The third-order valence-corrected chi connectivity index (χ3v) is 5.47. The number of halogens is 3. The lowest BCUT2D eigenvalue weighted by atomic mass is 10.0. The normalized spacial score (nSPS) is 15.1. The van der Waals surface area contributed by atoms with Crippen molar-refractivity contribution in [3.63, 3.8) is 0 Å². The van der Waals surface area contributed by atoms with Crippen molar-refractivity contribution in [2.45, 2.75) is 19.9 Å². The third-order valence-electron chi connectivity index (χ3n) is 5.47. The first-order valence-electron chi connectivity index (χ1n) is 9.77. The van der Waals surface area contributed by atoms with Crippen LogP contribution in [0.15, 0.2) is 29.1 Å². The Bertz CT molecular complexity index is 1190. The summed E-state index contributed by atoms with van der Waals surface area (Å²) >= 11 is 0. The van der Waals surface area contributed by atoms with E-state index in [1.165, 1.54) is 19.1 Å². The summed E-state index contributed by atoms with van der Waals surface area (Å²) in [6.45, 7) is 3.81. The van der Waals surface area contributed by atoms with E-state index in [0.717, 1.165) is 0 Å². The average Bonchev–Trinajstić information content (AvgIpc) is 2.75. The van der Waals surface area contributed by atoms with Gasteiger partial charge in [-0.2, -0.15) is 4.39 Å². The van der Waals surface area contributed by atoms with Crippen LogP contribution >= 0.6 is 0 Å². The molecule has 2 aromatic heterocycles. The molecule has 1 N–H and O–H groups in total. The molecule has 10 heteroatoms.